The molecule has 1 atom stereocenters. The molecule has 0 heterocycles. The van der Waals surface area contributed by atoms with Gasteiger partial charge in [0.25, 0.3) is 0 Å². The quantitative estimate of drug-likeness (QED) is 0.450. The Labute approximate surface area is 149 Å². The fraction of sp³-hybridized carbons (Fsp3) is 0.333. The molecule has 0 spiro atoms. The van der Waals surface area contributed by atoms with Crippen molar-refractivity contribution in [3.63, 3.8) is 0 Å². The van der Waals surface area contributed by atoms with Gasteiger partial charge in [-0.25, -0.2) is 0 Å². The average Bonchev–Trinajstić information content (AvgIpc) is 2.54. The van der Waals surface area contributed by atoms with Crippen LogP contribution < -0.4 is 5.30 Å². The molecule has 0 aliphatic heterocycles. The molecule has 0 fully saturated rings. The molecule has 0 amide bonds. The Hall–Kier alpha value is -1.99. The van der Waals surface area contributed by atoms with Crippen LogP contribution >= 0.6 is 7.14 Å². The molecular weight excluding hydrogens is 331 g/mol. The Balaban J connectivity index is 2.68. The molecule has 0 N–H and O–H groups in total. The summed E-state index contributed by atoms with van der Waals surface area (Å²) in [7, 11) is -2.64. The Morgan fingerprint density at radius 3 is 1.92 bits per heavy atom. The Kier molecular flexibility index (Phi) is 5.49. The highest BCUT2D eigenvalue weighted by Crippen LogP contribution is 2.40. The van der Waals surface area contributed by atoms with Gasteiger partial charge in [-0.1, -0.05) is 75.4 Å². The van der Waals surface area contributed by atoms with Gasteiger partial charge in [0.15, 0.2) is 11.6 Å². The lowest BCUT2D eigenvalue weighted by Crippen LogP contribution is -2.34. The molecule has 0 saturated heterocycles. The smallest absolute Gasteiger partial charge is 0.177 e. The molecule has 0 aliphatic carbocycles. The summed E-state index contributed by atoms with van der Waals surface area (Å²) in [5, 5.41) is 0.599. The predicted octanol–water partition coefficient (Wildman–Crippen LogP) is 4.52. The van der Waals surface area contributed by atoms with Gasteiger partial charge in [-0.05, 0) is 18.9 Å². The molecule has 0 radical (unpaired) electrons. The maximum absolute atomic E-state index is 13.2. The molecule has 1 unspecified atom stereocenters. The number of rotatable bonds is 5. The van der Waals surface area contributed by atoms with Crippen molar-refractivity contribution in [2.24, 2.45) is 5.41 Å². The van der Waals surface area contributed by atoms with Crippen molar-refractivity contribution in [3.8, 4) is 0 Å². The van der Waals surface area contributed by atoms with E-state index in [0.29, 0.717) is 16.4 Å². The van der Waals surface area contributed by atoms with Crippen molar-refractivity contribution >= 4 is 24.0 Å². The second-order valence-corrected chi connectivity index (χ2v) is 10.9. The predicted molar refractivity (Wildman–Crippen MR) is 104 cm³/mol. The zero-order valence-corrected chi connectivity index (χ0v) is 16.3. The Morgan fingerprint density at radius 1 is 0.880 bits per heavy atom. The first-order chi connectivity index (χ1) is 11.5. The van der Waals surface area contributed by atoms with Gasteiger partial charge >= 0.3 is 0 Å². The zero-order chi connectivity index (χ0) is 18.8. The van der Waals surface area contributed by atoms with Crippen molar-refractivity contribution in [2.45, 2.75) is 26.7 Å². The molecule has 2 rings (SSSR count). The van der Waals surface area contributed by atoms with Crippen LogP contribution in [0.25, 0.3) is 0 Å². The summed E-state index contributed by atoms with van der Waals surface area (Å²) in [6.07, 6.45) is 0. The van der Waals surface area contributed by atoms with E-state index in [4.69, 9.17) is 0 Å². The second kappa shape index (κ2) is 7.09. The van der Waals surface area contributed by atoms with E-state index in [2.05, 4.69) is 0 Å². The van der Waals surface area contributed by atoms with E-state index in [1.807, 2.05) is 6.07 Å². The largest absolute Gasteiger partial charge is 0.319 e. The van der Waals surface area contributed by atoms with Crippen LogP contribution in [0.4, 0.5) is 0 Å². The fourth-order valence-electron chi connectivity index (χ4n) is 2.83. The number of carbonyl (C=O) groups excluding carboxylic acids is 2. The van der Waals surface area contributed by atoms with E-state index < -0.39 is 18.5 Å². The van der Waals surface area contributed by atoms with Crippen LogP contribution in [0.5, 0.6) is 0 Å². The molecule has 2 aromatic rings. The molecule has 2 aromatic carbocycles. The molecule has 3 nitrogen and oxygen atoms in total. The van der Waals surface area contributed by atoms with Crippen molar-refractivity contribution in [1.82, 2.24) is 0 Å². The first-order valence-electron chi connectivity index (χ1n) is 8.31. The molecule has 0 bridgehead atoms. The average molecular weight is 356 g/mol. The number of ketones is 2. The first-order valence-corrected chi connectivity index (χ1v) is 10.9. The van der Waals surface area contributed by atoms with Crippen LogP contribution in [0.3, 0.4) is 0 Å². The topological polar surface area (TPSA) is 51.2 Å². The van der Waals surface area contributed by atoms with Crippen LogP contribution in [-0.4, -0.2) is 24.9 Å². The molecule has 4 heteroatoms. The minimum atomic E-state index is -2.64. The van der Waals surface area contributed by atoms with Gasteiger partial charge in [-0.2, -0.15) is 0 Å². The van der Waals surface area contributed by atoms with Crippen LogP contribution in [0.2, 0.25) is 0 Å². The standard InChI is InChI=1S/C21H25O3P/c1-21(2,3)20(23)18(19(22)15-11-7-6-8-12-15)16-13-9-10-14-17(16)25(4,5)24/h6-14,18H,1-5H3. The van der Waals surface area contributed by atoms with Crippen molar-refractivity contribution < 1.29 is 14.2 Å². The highest BCUT2D eigenvalue weighted by molar-refractivity contribution is 7.70. The summed E-state index contributed by atoms with van der Waals surface area (Å²) >= 11 is 0. The normalized spacial score (nSPS) is 13.3. The maximum Gasteiger partial charge on any atom is 0.177 e. The van der Waals surface area contributed by atoms with Gasteiger partial charge in [0.1, 0.15) is 13.1 Å². The van der Waals surface area contributed by atoms with Crippen LogP contribution in [0.1, 0.15) is 42.6 Å². The summed E-state index contributed by atoms with van der Waals surface area (Å²) in [5.41, 5.74) is 0.361. The number of Topliss-reactive ketones (excluding diaryl/α,β-unsaturated/α-hetero) is 2. The van der Waals surface area contributed by atoms with Gasteiger partial charge in [0, 0.05) is 16.3 Å². The summed E-state index contributed by atoms with van der Waals surface area (Å²) in [4.78, 5) is 26.4. The van der Waals surface area contributed by atoms with Gasteiger partial charge < -0.3 is 4.57 Å². The Bertz CT molecular complexity index is 826. The van der Waals surface area contributed by atoms with Gasteiger partial charge in [-0.15, -0.1) is 0 Å². The number of benzene rings is 2. The van der Waals surface area contributed by atoms with E-state index in [0.717, 1.165) is 0 Å². The zero-order valence-electron chi connectivity index (χ0n) is 15.4. The lowest BCUT2D eigenvalue weighted by atomic mass is 9.76. The minimum Gasteiger partial charge on any atom is -0.319 e. The van der Waals surface area contributed by atoms with Crippen molar-refractivity contribution in [2.75, 3.05) is 13.3 Å². The van der Waals surface area contributed by atoms with Crippen LogP contribution in [0.15, 0.2) is 54.6 Å². The molecule has 0 aliphatic rings. The van der Waals surface area contributed by atoms with E-state index in [1.165, 1.54) is 0 Å². The second-order valence-electron chi connectivity index (χ2n) is 7.69. The first kappa shape index (κ1) is 19.3. The van der Waals surface area contributed by atoms with Crippen LogP contribution in [-0.2, 0) is 9.36 Å². The molecule has 0 aromatic heterocycles. The third kappa shape index (κ3) is 4.35. The van der Waals surface area contributed by atoms with E-state index in [1.54, 1.807) is 82.6 Å². The van der Waals surface area contributed by atoms with E-state index in [-0.39, 0.29) is 11.6 Å². The van der Waals surface area contributed by atoms with Gasteiger partial charge in [0.05, 0.1) is 0 Å². The SMILES string of the molecule is CC(C)(C)C(=O)C(C(=O)c1ccccc1)c1ccccc1P(C)(C)=O. The van der Waals surface area contributed by atoms with E-state index in [9.17, 15) is 14.2 Å². The lowest BCUT2D eigenvalue weighted by molar-refractivity contribution is -0.126. The summed E-state index contributed by atoms with van der Waals surface area (Å²) in [5.74, 6) is -1.37. The third-order valence-electron chi connectivity index (χ3n) is 4.15. The van der Waals surface area contributed by atoms with Crippen molar-refractivity contribution in [3.05, 3.63) is 65.7 Å². The molecule has 0 saturated carbocycles. The minimum absolute atomic E-state index is 0.165. The van der Waals surface area contributed by atoms with Crippen LogP contribution in [0, 0.1) is 5.41 Å². The van der Waals surface area contributed by atoms with Crippen molar-refractivity contribution in [1.29, 1.82) is 0 Å². The molecule has 25 heavy (non-hydrogen) atoms. The third-order valence-corrected chi connectivity index (χ3v) is 5.72. The fourth-order valence-corrected chi connectivity index (χ4v) is 4.10. The summed E-state index contributed by atoms with van der Waals surface area (Å²) < 4.78 is 12.8. The highest BCUT2D eigenvalue weighted by atomic mass is 31.2. The monoisotopic (exact) mass is 356 g/mol. The number of hydrogen-bond donors (Lipinski definition) is 0. The van der Waals surface area contributed by atoms with Gasteiger partial charge in [-0.3, -0.25) is 9.59 Å². The summed E-state index contributed by atoms with van der Waals surface area (Å²) in [6, 6.07) is 15.9. The highest BCUT2D eigenvalue weighted by Gasteiger charge is 2.38. The summed E-state index contributed by atoms with van der Waals surface area (Å²) in [6.45, 7) is 8.75. The number of carbonyl (C=O) groups is 2. The molecular formula is C21H25O3P. The van der Waals surface area contributed by atoms with Gasteiger partial charge in [0.2, 0.25) is 0 Å². The molecule has 132 valence electrons. The van der Waals surface area contributed by atoms with E-state index >= 15 is 0 Å². The lowest BCUT2D eigenvalue weighted by Gasteiger charge is -2.26. The number of hydrogen-bond acceptors (Lipinski definition) is 3. The Morgan fingerprint density at radius 2 is 1.40 bits per heavy atom. The maximum atomic E-state index is 13.2.